The standard InChI is InChI=1S/C13H12N2O2/c1-8-3-2-4-9(7-8)11-6-5-10(12(14)16)13(17)15-11/h2-7H,1H3,(H2,14,16)(H,15,17). The van der Waals surface area contributed by atoms with E-state index in [0.29, 0.717) is 5.69 Å². The van der Waals surface area contributed by atoms with Crippen LogP contribution >= 0.6 is 0 Å². The number of H-pyrrole nitrogens is 1. The van der Waals surface area contributed by atoms with Gasteiger partial charge in [-0.3, -0.25) is 9.59 Å². The van der Waals surface area contributed by atoms with E-state index in [-0.39, 0.29) is 5.56 Å². The number of primary amides is 1. The molecular formula is C13H12N2O2. The van der Waals surface area contributed by atoms with Crippen molar-refractivity contribution in [3.63, 3.8) is 0 Å². The van der Waals surface area contributed by atoms with Gasteiger partial charge in [-0.25, -0.2) is 0 Å². The van der Waals surface area contributed by atoms with Crippen LogP contribution in [0.25, 0.3) is 11.3 Å². The Morgan fingerprint density at radius 3 is 2.59 bits per heavy atom. The maximum Gasteiger partial charge on any atom is 0.261 e. The Morgan fingerprint density at radius 2 is 2.00 bits per heavy atom. The molecule has 1 amide bonds. The van der Waals surface area contributed by atoms with Crippen LogP contribution in [-0.2, 0) is 0 Å². The second kappa shape index (κ2) is 4.25. The van der Waals surface area contributed by atoms with Gasteiger partial charge in [0.2, 0.25) is 0 Å². The van der Waals surface area contributed by atoms with Crippen molar-refractivity contribution < 1.29 is 4.79 Å². The van der Waals surface area contributed by atoms with Gasteiger partial charge in [-0.1, -0.05) is 23.8 Å². The fourth-order valence-electron chi connectivity index (χ4n) is 1.65. The molecule has 0 bridgehead atoms. The van der Waals surface area contributed by atoms with Crippen molar-refractivity contribution in [2.45, 2.75) is 6.92 Å². The van der Waals surface area contributed by atoms with Crippen LogP contribution in [0.15, 0.2) is 41.2 Å². The lowest BCUT2D eigenvalue weighted by atomic mass is 10.1. The van der Waals surface area contributed by atoms with Crippen LogP contribution in [0.3, 0.4) is 0 Å². The third-order valence-electron chi connectivity index (χ3n) is 2.50. The van der Waals surface area contributed by atoms with Gasteiger partial charge in [0, 0.05) is 5.69 Å². The average molecular weight is 228 g/mol. The molecule has 0 spiro atoms. The highest BCUT2D eigenvalue weighted by Crippen LogP contribution is 2.16. The highest BCUT2D eigenvalue weighted by molar-refractivity contribution is 5.92. The van der Waals surface area contributed by atoms with E-state index in [2.05, 4.69) is 4.98 Å². The summed E-state index contributed by atoms with van der Waals surface area (Å²) in [6.07, 6.45) is 0. The number of amides is 1. The van der Waals surface area contributed by atoms with E-state index in [9.17, 15) is 9.59 Å². The number of benzene rings is 1. The molecule has 0 fully saturated rings. The number of aromatic amines is 1. The van der Waals surface area contributed by atoms with Crippen molar-refractivity contribution in [1.29, 1.82) is 0 Å². The summed E-state index contributed by atoms with van der Waals surface area (Å²) < 4.78 is 0. The van der Waals surface area contributed by atoms with Gasteiger partial charge in [-0.15, -0.1) is 0 Å². The van der Waals surface area contributed by atoms with Crippen molar-refractivity contribution in [2.24, 2.45) is 5.73 Å². The highest BCUT2D eigenvalue weighted by Gasteiger charge is 2.07. The van der Waals surface area contributed by atoms with Gasteiger partial charge in [0.25, 0.3) is 11.5 Å². The zero-order valence-electron chi connectivity index (χ0n) is 9.36. The highest BCUT2D eigenvalue weighted by atomic mass is 16.2. The van der Waals surface area contributed by atoms with Gasteiger partial charge in [-0.2, -0.15) is 0 Å². The van der Waals surface area contributed by atoms with E-state index in [1.54, 1.807) is 6.07 Å². The number of nitrogens with two attached hydrogens (primary N) is 1. The van der Waals surface area contributed by atoms with Crippen LogP contribution in [0.5, 0.6) is 0 Å². The Kier molecular flexibility index (Phi) is 2.78. The number of hydrogen-bond acceptors (Lipinski definition) is 2. The lowest BCUT2D eigenvalue weighted by molar-refractivity contribution is 0.0999. The summed E-state index contributed by atoms with van der Waals surface area (Å²) in [7, 11) is 0. The SMILES string of the molecule is Cc1cccc(-c2ccc(C(N)=O)c(=O)[nH]2)c1. The van der Waals surface area contributed by atoms with E-state index in [0.717, 1.165) is 11.1 Å². The normalized spacial score (nSPS) is 10.2. The molecule has 0 radical (unpaired) electrons. The minimum absolute atomic E-state index is 0.0265. The summed E-state index contributed by atoms with van der Waals surface area (Å²) in [6, 6.07) is 10.8. The van der Waals surface area contributed by atoms with Gasteiger partial charge >= 0.3 is 0 Å². The number of aromatic nitrogens is 1. The fraction of sp³-hybridized carbons (Fsp3) is 0.0769. The summed E-state index contributed by atoms with van der Waals surface area (Å²) in [5.41, 5.74) is 7.25. The Bertz CT molecular complexity index is 629. The quantitative estimate of drug-likeness (QED) is 0.816. The second-order valence-corrected chi connectivity index (χ2v) is 3.85. The molecule has 0 unspecified atom stereocenters. The molecule has 0 atom stereocenters. The molecule has 1 aromatic heterocycles. The number of hydrogen-bond donors (Lipinski definition) is 2. The van der Waals surface area contributed by atoms with Crippen molar-refractivity contribution in [1.82, 2.24) is 4.98 Å². The number of carbonyl (C=O) groups excluding carboxylic acids is 1. The van der Waals surface area contributed by atoms with Crippen LogP contribution in [0.4, 0.5) is 0 Å². The molecule has 86 valence electrons. The molecule has 3 N–H and O–H groups in total. The first-order valence-corrected chi connectivity index (χ1v) is 5.18. The number of aryl methyl sites for hydroxylation is 1. The minimum atomic E-state index is -0.720. The summed E-state index contributed by atoms with van der Waals surface area (Å²) in [6.45, 7) is 1.97. The monoisotopic (exact) mass is 228 g/mol. The first kappa shape index (κ1) is 11.1. The summed E-state index contributed by atoms with van der Waals surface area (Å²) >= 11 is 0. The summed E-state index contributed by atoms with van der Waals surface area (Å²) in [5, 5.41) is 0. The van der Waals surface area contributed by atoms with E-state index < -0.39 is 11.5 Å². The van der Waals surface area contributed by atoms with Crippen LogP contribution in [-0.4, -0.2) is 10.9 Å². The lowest BCUT2D eigenvalue weighted by Gasteiger charge is -2.03. The van der Waals surface area contributed by atoms with Crippen LogP contribution in [0.1, 0.15) is 15.9 Å². The van der Waals surface area contributed by atoms with Gasteiger partial charge < -0.3 is 10.7 Å². The third kappa shape index (κ3) is 2.25. The Hall–Kier alpha value is -2.36. The minimum Gasteiger partial charge on any atom is -0.365 e. The average Bonchev–Trinajstić information content (AvgIpc) is 2.28. The topological polar surface area (TPSA) is 76.0 Å². The van der Waals surface area contributed by atoms with Gasteiger partial charge in [-0.05, 0) is 30.7 Å². The van der Waals surface area contributed by atoms with E-state index >= 15 is 0 Å². The van der Waals surface area contributed by atoms with E-state index in [1.165, 1.54) is 6.07 Å². The van der Waals surface area contributed by atoms with Gasteiger partial charge in [0.05, 0.1) is 0 Å². The number of nitrogens with one attached hydrogen (secondary N) is 1. The molecule has 1 aromatic carbocycles. The molecular weight excluding hydrogens is 216 g/mol. The van der Waals surface area contributed by atoms with Gasteiger partial charge in [0.1, 0.15) is 5.56 Å². The molecule has 0 aliphatic rings. The van der Waals surface area contributed by atoms with Crippen molar-refractivity contribution in [3.05, 3.63) is 57.9 Å². The number of carbonyl (C=O) groups is 1. The van der Waals surface area contributed by atoms with Gasteiger partial charge in [0.15, 0.2) is 0 Å². The van der Waals surface area contributed by atoms with Crippen molar-refractivity contribution >= 4 is 5.91 Å². The molecule has 0 aliphatic heterocycles. The molecule has 0 saturated heterocycles. The van der Waals surface area contributed by atoms with Crippen LogP contribution in [0, 0.1) is 6.92 Å². The fourth-order valence-corrected chi connectivity index (χ4v) is 1.65. The zero-order valence-corrected chi connectivity index (χ0v) is 9.36. The molecule has 1 heterocycles. The maximum atomic E-state index is 11.6. The smallest absolute Gasteiger partial charge is 0.261 e. The Morgan fingerprint density at radius 1 is 1.24 bits per heavy atom. The van der Waals surface area contributed by atoms with E-state index in [1.807, 2.05) is 31.2 Å². The third-order valence-corrected chi connectivity index (χ3v) is 2.50. The van der Waals surface area contributed by atoms with E-state index in [4.69, 9.17) is 5.73 Å². The van der Waals surface area contributed by atoms with Crippen LogP contribution < -0.4 is 11.3 Å². The molecule has 2 aromatic rings. The number of pyridine rings is 1. The second-order valence-electron chi connectivity index (χ2n) is 3.85. The molecule has 17 heavy (non-hydrogen) atoms. The maximum absolute atomic E-state index is 11.6. The molecule has 4 nitrogen and oxygen atoms in total. The lowest BCUT2D eigenvalue weighted by Crippen LogP contribution is -2.23. The molecule has 0 saturated carbocycles. The zero-order chi connectivity index (χ0) is 12.4. The first-order valence-electron chi connectivity index (χ1n) is 5.18. The Balaban J connectivity index is 2.52. The van der Waals surface area contributed by atoms with Crippen LogP contribution in [0.2, 0.25) is 0 Å². The summed E-state index contributed by atoms with van der Waals surface area (Å²) in [4.78, 5) is 25.2. The molecule has 0 aliphatic carbocycles. The number of rotatable bonds is 2. The van der Waals surface area contributed by atoms with Crippen molar-refractivity contribution in [2.75, 3.05) is 0 Å². The first-order chi connectivity index (χ1) is 8.08. The predicted molar refractivity (Wildman–Crippen MR) is 65.8 cm³/mol. The van der Waals surface area contributed by atoms with Crippen molar-refractivity contribution in [3.8, 4) is 11.3 Å². The largest absolute Gasteiger partial charge is 0.365 e. The molecule has 2 rings (SSSR count). The summed E-state index contributed by atoms with van der Waals surface area (Å²) in [5.74, 6) is -0.720. The molecule has 4 heteroatoms. The Labute approximate surface area is 98.1 Å². The predicted octanol–water partition coefficient (Wildman–Crippen LogP) is 1.45.